The van der Waals surface area contributed by atoms with Gasteiger partial charge in [-0.25, -0.2) is 4.98 Å². The van der Waals surface area contributed by atoms with Gasteiger partial charge in [0.15, 0.2) is 0 Å². The third-order valence-electron chi connectivity index (χ3n) is 3.18. The maximum atomic E-state index is 12.1. The third kappa shape index (κ3) is 2.64. The molecule has 2 heterocycles. The zero-order valence-corrected chi connectivity index (χ0v) is 10.3. The van der Waals surface area contributed by atoms with Crippen LogP contribution in [-0.2, 0) is 4.79 Å². The lowest BCUT2D eigenvalue weighted by Crippen LogP contribution is -2.42. The lowest BCUT2D eigenvalue weighted by molar-refractivity contribution is -0.125. The summed E-state index contributed by atoms with van der Waals surface area (Å²) in [6.45, 7) is 1.18. The molecule has 0 atom stereocenters. The van der Waals surface area contributed by atoms with Crippen LogP contribution in [0, 0.1) is 5.92 Å². The number of aromatic nitrogens is 2. The number of rotatable bonds is 2. The van der Waals surface area contributed by atoms with E-state index in [4.69, 9.17) is 0 Å². The van der Waals surface area contributed by atoms with Crippen LogP contribution in [0.1, 0.15) is 23.3 Å². The Hall–Kier alpha value is -1.98. The molecule has 96 valence electrons. The number of likely N-dealkylation sites (tertiary alicyclic amines) is 1. The summed E-state index contributed by atoms with van der Waals surface area (Å²) < 4.78 is 0. The fourth-order valence-corrected chi connectivity index (χ4v) is 2.12. The van der Waals surface area contributed by atoms with Crippen molar-refractivity contribution in [1.82, 2.24) is 20.2 Å². The van der Waals surface area contributed by atoms with Crippen LogP contribution in [-0.4, -0.2) is 46.8 Å². The minimum absolute atomic E-state index is 0.0147. The Labute approximate surface area is 105 Å². The summed E-state index contributed by atoms with van der Waals surface area (Å²) >= 11 is 0. The predicted molar refractivity (Wildman–Crippen MR) is 64.7 cm³/mol. The number of piperidine rings is 1. The molecule has 0 aromatic carbocycles. The minimum Gasteiger partial charge on any atom is -0.359 e. The number of nitrogens with zero attached hydrogens (tertiary/aromatic N) is 3. The van der Waals surface area contributed by atoms with Crippen molar-refractivity contribution >= 4 is 11.8 Å². The van der Waals surface area contributed by atoms with Crippen molar-refractivity contribution < 1.29 is 9.59 Å². The summed E-state index contributed by atoms with van der Waals surface area (Å²) in [4.78, 5) is 33.1. The van der Waals surface area contributed by atoms with E-state index in [1.165, 1.54) is 18.6 Å². The van der Waals surface area contributed by atoms with Gasteiger partial charge < -0.3 is 10.2 Å². The van der Waals surface area contributed by atoms with Gasteiger partial charge in [-0.05, 0) is 12.8 Å². The molecule has 1 aliphatic rings. The second-order valence-electron chi connectivity index (χ2n) is 4.27. The van der Waals surface area contributed by atoms with E-state index in [9.17, 15) is 9.59 Å². The molecular weight excluding hydrogens is 232 g/mol. The molecule has 1 fully saturated rings. The van der Waals surface area contributed by atoms with Gasteiger partial charge in [-0.2, -0.15) is 0 Å². The number of nitrogens with one attached hydrogen (secondary N) is 1. The van der Waals surface area contributed by atoms with E-state index in [2.05, 4.69) is 15.3 Å². The molecule has 1 aromatic heterocycles. The molecule has 0 aliphatic carbocycles. The maximum Gasteiger partial charge on any atom is 0.274 e. The average Bonchev–Trinajstić information content (AvgIpc) is 2.47. The van der Waals surface area contributed by atoms with E-state index in [-0.39, 0.29) is 17.7 Å². The number of hydrogen-bond acceptors (Lipinski definition) is 4. The van der Waals surface area contributed by atoms with Crippen LogP contribution < -0.4 is 5.32 Å². The first-order chi connectivity index (χ1) is 8.72. The van der Waals surface area contributed by atoms with Crippen molar-refractivity contribution in [1.29, 1.82) is 0 Å². The Bertz CT molecular complexity index is 427. The Morgan fingerprint density at radius 1 is 1.33 bits per heavy atom. The van der Waals surface area contributed by atoms with Crippen LogP contribution in [0.4, 0.5) is 0 Å². The quantitative estimate of drug-likeness (QED) is 0.804. The summed E-state index contributed by atoms with van der Waals surface area (Å²) in [7, 11) is 1.64. The molecule has 6 heteroatoms. The lowest BCUT2D eigenvalue weighted by atomic mass is 9.96. The largest absolute Gasteiger partial charge is 0.359 e. The van der Waals surface area contributed by atoms with E-state index >= 15 is 0 Å². The van der Waals surface area contributed by atoms with Crippen LogP contribution in [0.25, 0.3) is 0 Å². The van der Waals surface area contributed by atoms with Crippen molar-refractivity contribution in [2.24, 2.45) is 5.92 Å². The molecule has 0 radical (unpaired) electrons. The highest BCUT2D eigenvalue weighted by Crippen LogP contribution is 2.18. The van der Waals surface area contributed by atoms with E-state index < -0.39 is 0 Å². The van der Waals surface area contributed by atoms with Gasteiger partial charge in [-0.3, -0.25) is 14.6 Å². The van der Waals surface area contributed by atoms with E-state index in [1.54, 1.807) is 11.9 Å². The highest BCUT2D eigenvalue weighted by atomic mass is 16.2. The first kappa shape index (κ1) is 12.5. The first-order valence-electron chi connectivity index (χ1n) is 5.99. The molecule has 0 spiro atoms. The normalized spacial score (nSPS) is 16.4. The van der Waals surface area contributed by atoms with Gasteiger partial charge in [-0.1, -0.05) is 0 Å². The smallest absolute Gasteiger partial charge is 0.274 e. The molecule has 1 saturated heterocycles. The van der Waals surface area contributed by atoms with Crippen molar-refractivity contribution in [3.8, 4) is 0 Å². The Morgan fingerprint density at radius 2 is 2.06 bits per heavy atom. The summed E-state index contributed by atoms with van der Waals surface area (Å²) in [5.41, 5.74) is 0.357. The molecule has 0 unspecified atom stereocenters. The molecule has 2 amide bonds. The zero-order chi connectivity index (χ0) is 13.0. The average molecular weight is 248 g/mol. The van der Waals surface area contributed by atoms with Gasteiger partial charge in [0.2, 0.25) is 5.91 Å². The number of amides is 2. The summed E-state index contributed by atoms with van der Waals surface area (Å²) in [6, 6.07) is 0. The van der Waals surface area contributed by atoms with Crippen molar-refractivity contribution in [2.45, 2.75) is 12.8 Å². The van der Waals surface area contributed by atoms with Crippen molar-refractivity contribution in [2.75, 3.05) is 20.1 Å². The van der Waals surface area contributed by atoms with Crippen LogP contribution in [0.15, 0.2) is 18.6 Å². The molecule has 6 nitrogen and oxygen atoms in total. The van der Waals surface area contributed by atoms with Gasteiger partial charge in [0.25, 0.3) is 5.91 Å². The monoisotopic (exact) mass is 248 g/mol. The van der Waals surface area contributed by atoms with Crippen LogP contribution in [0.2, 0.25) is 0 Å². The van der Waals surface area contributed by atoms with Crippen LogP contribution >= 0.6 is 0 Å². The van der Waals surface area contributed by atoms with E-state index in [0.717, 1.165) is 0 Å². The molecule has 1 aromatic rings. The standard InChI is InChI=1S/C12H16N4O2/c1-13-11(17)9-2-6-16(7-3-9)12(18)10-8-14-4-5-15-10/h4-5,8-9H,2-3,6-7H2,1H3,(H,13,17). The fraction of sp³-hybridized carbons (Fsp3) is 0.500. The van der Waals surface area contributed by atoms with Gasteiger partial charge in [0, 0.05) is 38.4 Å². The summed E-state index contributed by atoms with van der Waals surface area (Å²) in [5, 5.41) is 2.65. The van der Waals surface area contributed by atoms with E-state index in [1.807, 2.05) is 0 Å². The summed E-state index contributed by atoms with van der Waals surface area (Å²) in [5.74, 6) is -0.0408. The topological polar surface area (TPSA) is 75.2 Å². The van der Waals surface area contributed by atoms with Gasteiger partial charge >= 0.3 is 0 Å². The molecule has 0 saturated carbocycles. The SMILES string of the molecule is CNC(=O)C1CCN(C(=O)c2cnccn2)CC1. The number of hydrogen-bond donors (Lipinski definition) is 1. The van der Waals surface area contributed by atoms with Gasteiger partial charge in [-0.15, -0.1) is 0 Å². The second-order valence-corrected chi connectivity index (χ2v) is 4.27. The van der Waals surface area contributed by atoms with Crippen molar-refractivity contribution in [3.63, 3.8) is 0 Å². The molecule has 18 heavy (non-hydrogen) atoms. The number of carbonyl (C=O) groups excluding carboxylic acids is 2. The predicted octanol–water partition coefficient (Wildman–Crippen LogP) is 0.0748. The Balaban J connectivity index is 1.94. The first-order valence-corrected chi connectivity index (χ1v) is 5.99. The van der Waals surface area contributed by atoms with Gasteiger partial charge in [0.1, 0.15) is 5.69 Å². The number of carbonyl (C=O) groups is 2. The highest BCUT2D eigenvalue weighted by molar-refractivity contribution is 5.92. The zero-order valence-electron chi connectivity index (χ0n) is 10.3. The van der Waals surface area contributed by atoms with Crippen molar-refractivity contribution in [3.05, 3.63) is 24.3 Å². The molecule has 1 aliphatic heterocycles. The fourth-order valence-electron chi connectivity index (χ4n) is 2.12. The minimum atomic E-state index is -0.113. The lowest BCUT2D eigenvalue weighted by Gasteiger charge is -2.30. The Kier molecular flexibility index (Phi) is 3.86. The third-order valence-corrected chi connectivity index (χ3v) is 3.18. The highest BCUT2D eigenvalue weighted by Gasteiger charge is 2.27. The Morgan fingerprint density at radius 3 is 2.61 bits per heavy atom. The van der Waals surface area contributed by atoms with Crippen LogP contribution in [0.3, 0.4) is 0 Å². The maximum absolute atomic E-state index is 12.1. The summed E-state index contributed by atoms with van der Waals surface area (Å²) in [6.07, 6.45) is 5.91. The molecule has 2 rings (SSSR count). The molecule has 0 bridgehead atoms. The van der Waals surface area contributed by atoms with Gasteiger partial charge in [0.05, 0.1) is 6.20 Å². The molecule has 1 N–H and O–H groups in total. The van der Waals surface area contributed by atoms with E-state index in [0.29, 0.717) is 31.6 Å². The second kappa shape index (κ2) is 5.57. The van der Waals surface area contributed by atoms with Crippen LogP contribution in [0.5, 0.6) is 0 Å². The molecular formula is C12H16N4O2.